The number of benzene rings is 2. The van der Waals surface area contributed by atoms with Crippen molar-refractivity contribution in [3.05, 3.63) is 56.6 Å². The van der Waals surface area contributed by atoms with Crippen molar-refractivity contribution in [1.82, 2.24) is 4.90 Å². The Balaban J connectivity index is 1.43. The third-order valence-electron chi connectivity index (χ3n) is 5.07. The van der Waals surface area contributed by atoms with E-state index in [1.807, 2.05) is 29.2 Å². The molecule has 0 radical (unpaired) electrons. The first-order valence-corrected chi connectivity index (χ1v) is 10.8. The highest BCUT2D eigenvalue weighted by Crippen LogP contribution is 2.45. The van der Waals surface area contributed by atoms with Crippen molar-refractivity contribution in [2.45, 2.75) is 6.42 Å². The van der Waals surface area contributed by atoms with Crippen molar-refractivity contribution < 1.29 is 4.79 Å². The molecule has 0 aromatic heterocycles. The van der Waals surface area contributed by atoms with Gasteiger partial charge in [0.1, 0.15) is 0 Å². The van der Waals surface area contributed by atoms with E-state index in [-0.39, 0.29) is 26.6 Å². The van der Waals surface area contributed by atoms with Crippen LogP contribution in [-0.2, 0) is 0 Å². The van der Waals surface area contributed by atoms with Crippen molar-refractivity contribution in [2.75, 3.05) is 18.0 Å². The number of rotatable bonds is 2. The Labute approximate surface area is 156 Å². The van der Waals surface area contributed by atoms with E-state index in [1.165, 1.54) is 15.7 Å². The fourth-order valence-electron chi connectivity index (χ4n) is 3.64. The van der Waals surface area contributed by atoms with Gasteiger partial charge in [0, 0.05) is 37.1 Å². The summed E-state index contributed by atoms with van der Waals surface area (Å²) in [4.78, 5) is 16.9. The molecule has 3 aliphatic rings. The second-order valence-electron chi connectivity index (χ2n) is 6.69. The number of amides is 1. The fourth-order valence-corrected chi connectivity index (χ4v) is 6.30. The van der Waals surface area contributed by atoms with Gasteiger partial charge in [-0.05, 0) is 54.7 Å². The summed E-state index contributed by atoms with van der Waals surface area (Å²) in [5.74, 6) is 1.76. The van der Waals surface area contributed by atoms with Gasteiger partial charge in [-0.2, -0.15) is 0 Å². The van der Waals surface area contributed by atoms with E-state index in [0.717, 1.165) is 41.2 Å². The van der Waals surface area contributed by atoms with Crippen LogP contribution in [-0.4, -0.2) is 28.0 Å². The van der Waals surface area contributed by atoms with Crippen LogP contribution in [0.15, 0.2) is 42.5 Å². The molecular formula is C19H16ClIN2O. The Morgan fingerprint density at radius 3 is 2.75 bits per heavy atom. The molecule has 1 saturated heterocycles. The highest BCUT2D eigenvalue weighted by molar-refractivity contribution is 14.2. The SMILES string of the molecule is O=C(c1ccc2c(c1)I=CN2c1cccc(Cl)c1)N1CC2CC2C1. The maximum Gasteiger partial charge on any atom is 0.253 e. The smallest absolute Gasteiger partial charge is 0.253 e. The van der Waals surface area contributed by atoms with Gasteiger partial charge >= 0.3 is 0 Å². The Kier molecular flexibility index (Phi) is 3.45. The molecule has 2 fully saturated rings. The van der Waals surface area contributed by atoms with Crippen LogP contribution in [0.5, 0.6) is 0 Å². The zero-order valence-electron chi connectivity index (χ0n) is 13.0. The lowest BCUT2D eigenvalue weighted by atomic mass is 10.1. The molecule has 2 atom stereocenters. The molecule has 1 aliphatic carbocycles. The van der Waals surface area contributed by atoms with Crippen LogP contribution in [0.3, 0.4) is 0 Å². The number of hydrogen-bond donors (Lipinski definition) is 0. The average Bonchev–Trinajstić information content (AvgIpc) is 3.03. The molecule has 2 aliphatic heterocycles. The number of nitrogens with zero attached hydrogens (tertiary/aromatic N) is 2. The van der Waals surface area contributed by atoms with Crippen LogP contribution in [0.1, 0.15) is 16.8 Å². The summed E-state index contributed by atoms with van der Waals surface area (Å²) in [6.07, 6.45) is 1.32. The maximum atomic E-state index is 12.7. The lowest BCUT2D eigenvalue weighted by Crippen LogP contribution is -2.30. The molecular weight excluding hydrogens is 435 g/mol. The number of carbonyl (C=O) groups excluding carboxylic acids is 1. The summed E-state index contributed by atoms with van der Waals surface area (Å²) < 4.78 is 3.57. The largest absolute Gasteiger partial charge is 0.338 e. The molecule has 122 valence electrons. The molecule has 0 bridgehead atoms. The Morgan fingerprint density at radius 2 is 1.96 bits per heavy atom. The minimum atomic E-state index is -0.222. The number of halogens is 2. The predicted octanol–water partition coefficient (Wildman–Crippen LogP) is 4.48. The number of piperidine rings is 1. The van der Waals surface area contributed by atoms with Crippen LogP contribution >= 0.6 is 32.3 Å². The van der Waals surface area contributed by atoms with Crippen molar-refractivity contribution in [2.24, 2.45) is 11.8 Å². The van der Waals surface area contributed by atoms with E-state index in [2.05, 4.69) is 27.2 Å². The van der Waals surface area contributed by atoms with Gasteiger partial charge in [-0.15, -0.1) is 0 Å². The topological polar surface area (TPSA) is 23.6 Å². The van der Waals surface area contributed by atoms with Gasteiger partial charge in [-0.1, -0.05) is 38.4 Å². The van der Waals surface area contributed by atoms with Gasteiger partial charge in [0.2, 0.25) is 0 Å². The van der Waals surface area contributed by atoms with Gasteiger partial charge in [0.25, 0.3) is 5.91 Å². The summed E-state index contributed by atoms with van der Waals surface area (Å²) in [6, 6.07) is 14.1. The molecule has 2 aromatic rings. The lowest BCUT2D eigenvalue weighted by molar-refractivity contribution is 0.0775. The van der Waals surface area contributed by atoms with Crippen molar-refractivity contribution in [3.63, 3.8) is 0 Å². The zero-order valence-corrected chi connectivity index (χ0v) is 15.9. The molecule has 1 amide bonds. The first-order valence-electron chi connectivity index (χ1n) is 8.14. The summed E-state index contributed by atoms with van der Waals surface area (Å²) in [5.41, 5.74) is 3.11. The van der Waals surface area contributed by atoms with Gasteiger partial charge in [-0.3, -0.25) is 4.79 Å². The number of carbonyl (C=O) groups is 1. The highest BCUT2D eigenvalue weighted by atomic mass is 127. The highest BCUT2D eigenvalue weighted by Gasteiger charge is 2.46. The molecule has 2 aromatic carbocycles. The van der Waals surface area contributed by atoms with Crippen LogP contribution in [0.25, 0.3) is 0 Å². The molecule has 24 heavy (non-hydrogen) atoms. The number of likely N-dealkylation sites (tertiary alicyclic amines) is 1. The van der Waals surface area contributed by atoms with E-state index in [0.29, 0.717) is 0 Å². The van der Waals surface area contributed by atoms with E-state index in [9.17, 15) is 4.79 Å². The van der Waals surface area contributed by atoms with E-state index in [1.54, 1.807) is 0 Å². The summed E-state index contributed by atoms with van der Waals surface area (Å²) >= 11 is 5.90. The molecule has 0 N–H and O–H groups in total. The standard InChI is InChI=1S/C19H16ClIN2O/c20-15-2-1-3-16(8-15)23-11-21-17-7-12(4-5-18(17)23)19(24)22-9-13-6-14(13)10-22/h1-5,7-8,11,13-14H,6,9-10H2. The molecule has 2 heterocycles. The van der Waals surface area contributed by atoms with E-state index in [4.69, 9.17) is 11.6 Å². The number of hydrogen-bond acceptors (Lipinski definition) is 2. The fraction of sp³-hybridized carbons (Fsp3) is 0.263. The van der Waals surface area contributed by atoms with Crippen molar-refractivity contribution in [1.29, 1.82) is 0 Å². The second-order valence-corrected chi connectivity index (χ2v) is 9.47. The third-order valence-corrected chi connectivity index (χ3v) is 7.68. The van der Waals surface area contributed by atoms with Gasteiger partial charge in [0.05, 0.1) is 5.69 Å². The first kappa shape index (κ1) is 14.9. The molecule has 0 spiro atoms. The van der Waals surface area contributed by atoms with Crippen LogP contribution < -0.4 is 4.90 Å². The van der Waals surface area contributed by atoms with Gasteiger partial charge < -0.3 is 9.80 Å². The molecule has 3 nitrogen and oxygen atoms in total. The Morgan fingerprint density at radius 1 is 1.12 bits per heavy atom. The quantitative estimate of drug-likeness (QED) is 0.630. The minimum absolute atomic E-state index is 0.204. The van der Waals surface area contributed by atoms with Crippen LogP contribution in [0.2, 0.25) is 5.02 Å². The van der Waals surface area contributed by atoms with Crippen molar-refractivity contribution >= 4 is 53.7 Å². The minimum Gasteiger partial charge on any atom is -0.338 e. The van der Waals surface area contributed by atoms with Crippen LogP contribution in [0, 0.1) is 15.4 Å². The summed E-state index contributed by atoms with van der Waals surface area (Å²) in [5, 5.41) is 0.743. The predicted molar refractivity (Wildman–Crippen MR) is 106 cm³/mol. The molecule has 1 saturated carbocycles. The normalized spacial score (nSPS) is 23.7. The van der Waals surface area contributed by atoms with E-state index < -0.39 is 0 Å². The zero-order chi connectivity index (χ0) is 16.3. The van der Waals surface area contributed by atoms with Crippen molar-refractivity contribution in [3.8, 4) is 0 Å². The van der Waals surface area contributed by atoms with Crippen LogP contribution in [0.4, 0.5) is 11.4 Å². The average molecular weight is 451 g/mol. The Hall–Kier alpha value is -1.40. The molecule has 5 heteroatoms. The van der Waals surface area contributed by atoms with E-state index >= 15 is 0 Å². The third kappa shape index (κ3) is 2.47. The molecule has 2 unspecified atom stereocenters. The maximum absolute atomic E-state index is 12.7. The van der Waals surface area contributed by atoms with Gasteiger partial charge in [0.15, 0.2) is 0 Å². The number of fused-ring (bicyclic) bond motifs is 2. The number of anilines is 2. The van der Waals surface area contributed by atoms with Gasteiger partial charge in [-0.25, -0.2) is 0 Å². The monoisotopic (exact) mass is 450 g/mol. The first-order chi connectivity index (χ1) is 11.7. The second kappa shape index (κ2) is 5.56. The Bertz CT molecular complexity index is 871. The molecule has 5 rings (SSSR count). The summed E-state index contributed by atoms with van der Waals surface area (Å²) in [6.45, 7) is 1.91. The lowest BCUT2D eigenvalue weighted by Gasteiger charge is -2.20. The summed E-state index contributed by atoms with van der Waals surface area (Å²) in [7, 11) is 0.